The molecule has 0 amide bonds. The second-order valence-electron chi connectivity index (χ2n) is 3.56. The third kappa shape index (κ3) is 3.67. The van der Waals surface area contributed by atoms with Crippen LogP contribution in [0.4, 0.5) is 0 Å². The highest BCUT2D eigenvalue weighted by molar-refractivity contribution is 8.32. The summed E-state index contributed by atoms with van der Waals surface area (Å²) in [5, 5.41) is 6.55. The molecule has 0 atom stereocenters. The fourth-order valence-electron chi connectivity index (χ4n) is 0.725. The maximum absolute atomic E-state index is 5.42. The maximum atomic E-state index is 5.42. The van der Waals surface area contributed by atoms with E-state index in [4.69, 9.17) is 4.74 Å². The van der Waals surface area contributed by atoms with Gasteiger partial charge in [0.25, 0.3) is 0 Å². The van der Waals surface area contributed by atoms with Gasteiger partial charge in [0.1, 0.15) is 0 Å². The van der Waals surface area contributed by atoms with Gasteiger partial charge in [0.2, 0.25) is 5.88 Å². The zero-order chi connectivity index (χ0) is 9.03. The highest BCUT2D eigenvalue weighted by atomic mass is 32.3. The van der Waals surface area contributed by atoms with Gasteiger partial charge < -0.3 is 4.74 Å². The van der Waals surface area contributed by atoms with Gasteiger partial charge >= 0.3 is 0 Å². The number of rotatable bonds is 4. The van der Waals surface area contributed by atoms with Crippen LogP contribution in [0.15, 0.2) is 12.3 Å². The maximum Gasteiger partial charge on any atom is 0.209 e. The molecule has 1 aromatic heterocycles. The average molecular weight is 188 g/mol. The molecule has 1 N–H and O–H groups in total. The molecule has 0 aromatic carbocycles. The lowest BCUT2D eigenvalue weighted by Crippen LogP contribution is -2.08. The van der Waals surface area contributed by atoms with Gasteiger partial charge in [0, 0.05) is 11.8 Å². The highest BCUT2D eigenvalue weighted by Gasteiger charge is 2.03. The Morgan fingerprint density at radius 1 is 1.50 bits per heavy atom. The minimum Gasteiger partial charge on any atom is -0.477 e. The summed E-state index contributed by atoms with van der Waals surface area (Å²) in [4.78, 5) is 0. The number of hydrogen-bond donors (Lipinski definition) is 1. The highest BCUT2D eigenvalue weighted by Crippen LogP contribution is 2.33. The van der Waals surface area contributed by atoms with Crippen molar-refractivity contribution in [2.45, 2.75) is 0 Å². The van der Waals surface area contributed by atoms with Crippen LogP contribution in [0.3, 0.4) is 0 Å². The first-order valence-corrected chi connectivity index (χ1v) is 6.89. The molecule has 0 unspecified atom stereocenters. The summed E-state index contributed by atoms with van der Waals surface area (Å²) in [7, 11) is -0.437. The Hall–Kier alpha value is -0.640. The van der Waals surface area contributed by atoms with E-state index in [1.54, 1.807) is 6.20 Å². The molecule has 1 rings (SSSR count). The number of hydrogen-bond acceptors (Lipinski definition) is 2. The molecule has 0 bridgehead atoms. The van der Waals surface area contributed by atoms with Crippen LogP contribution in [0.2, 0.25) is 0 Å². The smallest absolute Gasteiger partial charge is 0.209 e. The third-order valence-electron chi connectivity index (χ3n) is 1.43. The normalized spacial score (nSPS) is 12.9. The van der Waals surface area contributed by atoms with Crippen LogP contribution >= 0.6 is 10.0 Å². The van der Waals surface area contributed by atoms with Gasteiger partial charge in [0.15, 0.2) is 0 Å². The van der Waals surface area contributed by atoms with Gasteiger partial charge in [-0.1, -0.05) is 0 Å². The van der Waals surface area contributed by atoms with Crippen LogP contribution < -0.4 is 4.74 Å². The zero-order valence-corrected chi connectivity index (χ0v) is 8.65. The number of aromatic amines is 1. The predicted octanol–water partition coefficient (Wildman–Crippen LogP) is 1.48. The van der Waals surface area contributed by atoms with Crippen molar-refractivity contribution >= 4 is 10.0 Å². The van der Waals surface area contributed by atoms with Crippen molar-refractivity contribution in [2.24, 2.45) is 0 Å². The van der Waals surface area contributed by atoms with E-state index in [2.05, 4.69) is 29.0 Å². The molecule has 0 aliphatic carbocycles. The molecule has 12 heavy (non-hydrogen) atoms. The van der Waals surface area contributed by atoms with Crippen molar-refractivity contribution in [3.05, 3.63) is 12.3 Å². The van der Waals surface area contributed by atoms with Crippen molar-refractivity contribution in [3.63, 3.8) is 0 Å². The number of aromatic nitrogens is 2. The van der Waals surface area contributed by atoms with Gasteiger partial charge in [-0.3, -0.25) is 0 Å². The lowest BCUT2D eigenvalue weighted by atomic mass is 10.7. The van der Waals surface area contributed by atoms with Gasteiger partial charge in [-0.2, -0.15) is 5.10 Å². The van der Waals surface area contributed by atoms with Crippen molar-refractivity contribution in [2.75, 3.05) is 31.1 Å². The Labute approximate surface area is 74.8 Å². The molecule has 70 valence electrons. The summed E-state index contributed by atoms with van der Waals surface area (Å²) in [5.74, 6) is 1.89. The van der Waals surface area contributed by atoms with E-state index < -0.39 is 10.0 Å². The molecule has 0 fully saturated rings. The van der Waals surface area contributed by atoms with Crippen molar-refractivity contribution in [1.82, 2.24) is 10.2 Å². The Kier molecular flexibility index (Phi) is 3.03. The van der Waals surface area contributed by atoms with Crippen LogP contribution in [0, 0.1) is 0 Å². The summed E-state index contributed by atoms with van der Waals surface area (Å²) >= 11 is 0. The molecule has 0 aliphatic rings. The molecule has 0 saturated heterocycles. The van der Waals surface area contributed by atoms with E-state index in [1.807, 2.05) is 6.07 Å². The quantitative estimate of drug-likeness (QED) is 0.777. The second-order valence-corrected chi connectivity index (χ2v) is 8.15. The van der Waals surface area contributed by atoms with E-state index in [-0.39, 0.29) is 0 Å². The molecule has 0 saturated carbocycles. The first kappa shape index (κ1) is 9.45. The molecule has 1 heterocycles. The first-order valence-electron chi connectivity index (χ1n) is 3.86. The van der Waals surface area contributed by atoms with Gasteiger partial charge in [-0.05, 0) is 18.8 Å². The molecule has 3 nitrogen and oxygen atoms in total. The van der Waals surface area contributed by atoms with Crippen molar-refractivity contribution in [3.8, 4) is 5.88 Å². The number of nitrogens with zero attached hydrogens (tertiary/aromatic N) is 1. The van der Waals surface area contributed by atoms with Crippen LogP contribution in [0.25, 0.3) is 0 Å². The summed E-state index contributed by atoms with van der Waals surface area (Å²) in [6.07, 6.45) is 8.54. The van der Waals surface area contributed by atoms with Gasteiger partial charge in [-0.25, -0.2) is 15.1 Å². The van der Waals surface area contributed by atoms with E-state index in [0.29, 0.717) is 0 Å². The Morgan fingerprint density at radius 2 is 2.25 bits per heavy atom. The first-order chi connectivity index (χ1) is 5.58. The minimum atomic E-state index is -0.437. The van der Waals surface area contributed by atoms with Crippen LogP contribution in [-0.2, 0) is 0 Å². The number of ether oxygens (including phenoxy) is 1. The molecule has 0 aliphatic heterocycles. The van der Waals surface area contributed by atoms with Crippen LogP contribution in [0.5, 0.6) is 5.88 Å². The minimum absolute atomic E-state index is 0.437. The van der Waals surface area contributed by atoms with E-state index in [1.165, 1.54) is 0 Å². The fourth-order valence-corrected chi connectivity index (χ4v) is 1.31. The van der Waals surface area contributed by atoms with E-state index >= 15 is 0 Å². The molecule has 4 heteroatoms. The van der Waals surface area contributed by atoms with Crippen LogP contribution in [0.1, 0.15) is 0 Å². The summed E-state index contributed by atoms with van der Waals surface area (Å²) in [5.41, 5.74) is 0. The molecule has 1 aromatic rings. The summed E-state index contributed by atoms with van der Waals surface area (Å²) < 4.78 is 5.42. The molecular weight excluding hydrogens is 172 g/mol. The lowest BCUT2D eigenvalue weighted by Gasteiger charge is -2.24. The topological polar surface area (TPSA) is 37.9 Å². The number of nitrogens with one attached hydrogen (secondary N) is 1. The monoisotopic (exact) mass is 188 g/mol. The number of H-pyrrole nitrogens is 1. The van der Waals surface area contributed by atoms with Crippen LogP contribution in [-0.4, -0.2) is 41.3 Å². The predicted molar refractivity (Wildman–Crippen MR) is 54.3 cm³/mol. The summed E-state index contributed by atoms with van der Waals surface area (Å²) in [6, 6.07) is 1.83. The second kappa shape index (κ2) is 3.85. The lowest BCUT2D eigenvalue weighted by molar-refractivity contribution is 0.329. The fraction of sp³-hybridized carbons (Fsp3) is 0.625. The van der Waals surface area contributed by atoms with Gasteiger partial charge in [0.05, 0.1) is 12.8 Å². The Bertz CT molecular complexity index is 215. The standard InChI is InChI=1S/C8H16N2OS/c1-12(2,3)7-6-11-8-4-5-9-10-8/h4-5H,6-7H2,1-3H3,(H,9,10). The SMILES string of the molecule is CS(C)(C)CCOc1ccn[nH]1. The Morgan fingerprint density at radius 3 is 2.75 bits per heavy atom. The van der Waals surface area contributed by atoms with Gasteiger partial charge in [-0.15, -0.1) is 0 Å². The third-order valence-corrected chi connectivity index (χ3v) is 2.82. The van der Waals surface area contributed by atoms with Crippen molar-refractivity contribution in [1.29, 1.82) is 0 Å². The average Bonchev–Trinajstić information content (AvgIpc) is 2.36. The van der Waals surface area contributed by atoms with E-state index in [0.717, 1.165) is 18.2 Å². The molecule has 0 spiro atoms. The molecule has 0 radical (unpaired) electrons. The summed E-state index contributed by atoms with van der Waals surface area (Å²) in [6.45, 7) is 0.779. The molecular formula is C8H16N2OS. The van der Waals surface area contributed by atoms with E-state index in [9.17, 15) is 0 Å². The zero-order valence-electron chi connectivity index (χ0n) is 7.83. The largest absolute Gasteiger partial charge is 0.477 e. The Balaban J connectivity index is 2.20. The van der Waals surface area contributed by atoms with Crippen molar-refractivity contribution < 1.29 is 4.74 Å².